The molecule has 3 aromatic rings. The topological polar surface area (TPSA) is 86.8 Å². The van der Waals surface area contributed by atoms with Gasteiger partial charge < -0.3 is 10.2 Å². The number of likely N-dealkylation sites (N-methyl/N-ethyl adjacent to an activating group) is 1. The lowest BCUT2D eigenvalue weighted by atomic mass is 10.1. The van der Waals surface area contributed by atoms with Crippen molar-refractivity contribution in [2.75, 3.05) is 17.4 Å². The molecule has 208 valence electrons. The molecule has 1 atom stereocenters. The highest BCUT2D eigenvalue weighted by atomic mass is 35.5. The van der Waals surface area contributed by atoms with Crippen LogP contribution in [0.5, 0.6) is 0 Å². The van der Waals surface area contributed by atoms with Crippen LogP contribution in [0.4, 0.5) is 10.1 Å². The summed E-state index contributed by atoms with van der Waals surface area (Å²) in [6.07, 6.45) is 0.291. The van der Waals surface area contributed by atoms with Crippen molar-refractivity contribution in [3.63, 3.8) is 0 Å². The smallest absolute Gasteiger partial charge is 0.264 e. The molecule has 1 unspecified atom stereocenters. The summed E-state index contributed by atoms with van der Waals surface area (Å²) in [6, 6.07) is 15.9. The SMILES string of the molecule is CCNC(=O)C(CC)N(Cc1ccc(F)cc1)C(=O)CN(c1cc(Cl)ccc1C)S(=O)(=O)c1ccc(C)cc1. The molecule has 0 aromatic heterocycles. The third-order valence-corrected chi connectivity index (χ3v) is 8.34. The lowest BCUT2D eigenvalue weighted by Gasteiger charge is -2.33. The van der Waals surface area contributed by atoms with E-state index in [0.29, 0.717) is 29.1 Å². The first-order valence-corrected chi connectivity index (χ1v) is 14.5. The van der Waals surface area contributed by atoms with E-state index in [1.54, 1.807) is 45.0 Å². The van der Waals surface area contributed by atoms with Gasteiger partial charge in [0.25, 0.3) is 10.0 Å². The minimum atomic E-state index is -4.20. The Hall–Kier alpha value is -3.43. The molecule has 3 aromatic carbocycles. The van der Waals surface area contributed by atoms with Crippen LogP contribution in [0.15, 0.2) is 71.6 Å². The number of carbonyl (C=O) groups excluding carboxylic acids is 2. The molecular formula is C29H33ClFN3O4S. The fraction of sp³-hybridized carbons (Fsp3) is 0.310. The van der Waals surface area contributed by atoms with Crippen molar-refractivity contribution in [2.24, 2.45) is 0 Å². The Labute approximate surface area is 234 Å². The van der Waals surface area contributed by atoms with Crippen molar-refractivity contribution in [2.45, 2.75) is 51.6 Å². The van der Waals surface area contributed by atoms with Gasteiger partial charge in [-0.05, 0) is 74.7 Å². The number of hydrogen-bond donors (Lipinski definition) is 1. The van der Waals surface area contributed by atoms with E-state index in [1.165, 1.54) is 47.4 Å². The summed E-state index contributed by atoms with van der Waals surface area (Å²) in [5.74, 6) is -1.38. The van der Waals surface area contributed by atoms with E-state index >= 15 is 0 Å². The fourth-order valence-electron chi connectivity index (χ4n) is 4.20. The minimum Gasteiger partial charge on any atom is -0.355 e. The molecule has 0 spiro atoms. The Morgan fingerprint density at radius 3 is 2.21 bits per heavy atom. The average Bonchev–Trinajstić information content (AvgIpc) is 2.90. The fourth-order valence-corrected chi connectivity index (χ4v) is 5.84. The molecule has 2 amide bonds. The summed E-state index contributed by atoms with van der Waals surface area (Å²) in [5, 5.41) is 3.06. The van der Waals surface area contributed by atoms with Crippen LogP contribution in [0.25, 0.3) is 0 Å². The molecule has 10 heteroatoms. The molecular weight excluding hydrogens is 541 g/mol. The Morgan fingerprint density at radius 1 is 0.974 bits per heavy atom. The van der Waals surface area contributed by atoms with E-state index in [9.17, 15) is 22.4 Å². The van der Waals surface area contributed by atoms with Crippen molar-refractivity contribution < 1.29 is 22.4 Å². The highest BCUT2D eigenvalue weighted by Crippen LogP contribution is 2.30. The molecule has 7 nitrogen and oxygen atoms in total. The molecule has 0 saturated carbocycles. The van der Waals surface area contributed by atoms with Crippen molar-refractivity contribution in [3.05, 3.63) is 94.3 Å². The van der Waals surface area contributed by atoms with E-state index in [2.05, 4.69) is 5.32 Å². The van der Waals surface area contributed by atoms with Gasteiger partial charge in [0, 0.05) is 18.1 Å². The summed E-state index contributed by atoms with van der Waals surface area (Å²) in [7, 11) is -4.20. The molecule has 0 radical (unpaired) electrons. The van der Waals surface area contributed by atoms with Gasteiger partial charge in [0.2, 0.25) is 11.8 Å². The Balaban J connectivity index is 2.10. The van der Waals surface area contributed by atoms with Crippen molar-refractivity contribution in [1.29, 1.82) is 0 Å². The number of halogens is 2. The van der Waals surface area contributed by atoms with Crippen LogP contribution in [-0.4, -0.2) is 44.3 Å². The van der Waals surface area contributed by atoms with E-state index in [-0.39, 0.29) is 23.0 Å². The maximum Gasteiger partial charge on any atom is 0.264 e. The first kappa shape index (κ1) is 30.1. The predicted molar refractivity (Wildman–Crippen MR) is 152 cm³/mol. The van der Waals surface area contributed by atoms with Crippen molar-refractivity contribution in [1.82, 2.24) is 10.2 Å². The van der Waals surface area contributed by atoms with Crippen LogP contribution in [0.3, 0.4) is 0 Å². The van der Waals surface area contributed by atoms with Crippen LogP contribution in [-0.2, 0) is 26.2 Å². The maximum absolute atomic E-state index is 14.0. The Bertz CT molecular complexity index is 1410. The summed E-state index contributed by atoms with van der Waals surface area (Å²) in [6.45, 7) is 6.90. The number of sulfonamides is 1. The molecule has 0 aliphatic carbocycles. The quantitative estimate of drug-likeness (QED) is 0.340. The van der Waals surface area contributed by atoms with Gasteiger partial charge in [-0.25, -0.2) is 12.8 Å². The van der Waals surface area contributed by atoms with Crippen LogP contribution in [0, 0.1) is 19.7 Å². The highest BCUT2D eigenvalue weighted by molar-refractivity contribution is 7.92. The first-order valence-electron chi connectivity index (χ1n) is 12.6. The number of benzene rings is 3. The largest absolute Gasteiger partial charge is 0.355 e. The maximum atomic E-state index is 14.0. The molecule has 3 rings (SSSR count). The van der Waals surface area contributed by atoms with Gasteiger partial charge in [-0.2, -0.15) is 0 Å². The molecule has 0 bridgehead atoms. The number of nitrogens with one attached hydrogen (secondary N) is 1. The second kappa shape index (κ2) is 13.1. The molecule has 0 fully saturated rings. The van der Waals surface area contributed by atoms with E-state index < -0.39 is 34.3 Å². The Morgan fingerprint density at radius 2 is 1.62 bits per heavy atom. The van der Waals surface area contributed by atoms with Gasteiger partial charge in [0.1, 0.15) is 18.4 Å². The van der Waals surface area contributed by atoms with E-state index in [4.69, 9.17) is 11.6 Å². The van der Waals surface area contributed by atoms with Gasteiger partial charge in [0.15, 0.2) is 0 Å². The van der Waals surface area contributed by atoms with Crippen LogP contribution in [0.1, 0.15) is 37.0 Å². The zero-order valence-electron chi connectivity index (χ0n) is 22.4. The van der Waals surface area contributed by atoms with Crippen molar-refractivity contribution >= 4 is 39.1 Å². The molecule has 0 saturated heterocycles. The normalized spacial score (nSPS) is 12.1. The van der Waals surface area contributed by atoms with Crippen LogP contribution < -0.4 is 9.62 Å². The summed E-state index contributed by atoms with van der Waals surface area (Å²) in [5.41, 5.74) is 2.33. The second-order valence-electron chi connectivity index (χ2n) is 9.22. The Kier molecular flexibility index (Phi) is 10.1. The third-order valence-electron chi connectivity index (χ3n) is 6.33. The minimum absolute atomic E-state index is 0.0122. The number of nitrogens with zero attached hydrogens (tertiary/aromatic N) is 2. The monoisotopic (exact) mass is 573 g/mol. The number of anilines is 1. The zero-order valence-corrected chi connectivity index (χ0v) is 24.0. The number of rotatable bonds is 11. The first-order chi connectivity index (χ1) is 18.5. The molecule has 0 aliphatic heterocycles. The summed E-state index contributed by atoms with van der Waals surface area (Å²) < 4.78 is 42.4. The summed E-state index contributed by atoms with van der Waals surface area (Å²) in [4.78, 5) is 28.3. The van der Waals surface area contributed by atoms with Crippen LogP contribution >= 0.6 is 11.6 Å². The van der Waals surface area contributed by atoms with E-state index in [0.717, 1.165) is 9.87 Å². The number of carbonyl (C=O) groups is 2. The molecule has 0 aliphatic rings. The third kappa shape index (κ3) is 7.36. The van der Waals surface area contributed by atoms with E-state index in [1.807, 2.05) is 6.92 Å². The van der Waals surface area contributed by atoms with Gasteiger partial charge in [0.05, 0.1) is 10.6 Å². The highest BCUT2D eigenvalue weighted by Gasteiger charge is 2.34. The zero-order chi connectivity index (χ0) is 28.7. The average molecular weight is 574 g/mol. The lowest BCUT2D eigenvalue weighted by molar-refractivity contribution is -0.140. The van der Waals surface area contributed by atoms with Gasteiger partial charge in [-0.3, -0.25) is 13.9 Å². The standard InChI is InChI=1S/C29H33ClFN3O4S/c1-5-26(29(36)32-6-2)33(18-22-10-13-24(31)14-11-22)28(35)19-34(27-17-23(30)12-9-21(27)4)39(37,38)25-15-7-20(3)8-16-25/h7-17,26H,5-6,18-19H2,1-4H3,(H,32,36). The number of hydrogen-bond acceptors (Lipinski definition) is 4. The summed E-state index contributed by atoms with van der Waals surface area (Å²) >= 11 is 6.25. The van der Waals surface area contributed by atoms with Crippen molar-refractivity contribution in [3.8, 4) is 0 Å². The molecule has 39 heavy (non-hydrogen) atoms. The van der Waals surface area contributed by atoms with Gasteiger partial charge in [-0.1, -0.05) is 54.4 Å². The number of aryl methyl sites for hydroxylation is 2. The lowest BCUT2D eigenvalue weighted by Crippen LogP contribution is -2.52. The second-order valence-corrected chi connectivity index (χ2v) is 11.5. The predicted octanol–water partition coefficient (Wildman–Crippen LogP) is 5.23. The molecule has 1 N–H and O–H groups in total. The number of amides is 2. The molecule has 0 heterocycles. The van der Waals surface area contributed by atoms with Gasteiger partial charge >= 0.3 is 0 Å². The van der Waals surface area contributed by atoms with Gasteiger partial charge in [-0.15, -0.1) is 0 Å². The van der Waals surface area contributed by atoms with Crippen LogP contribution in [0.2, 0.25) is 5.02 Å².